The van der Waals surface area contributed by atoms with Crippen LogP contribution in [0, 0.1) is 6.92 Å². The Kier molecular flexibility index (Phi) is 3.65. The van der Waals surface area contributed by atoms with Crippen molar-refractivity contribution in [1.29, 1.82) is 0 Å². The third kappa shape index (κ3) is 2.85. The lowest BCUT2D eigenvalue weighted by Crippen LogP contribution is -2.43. The van der Waals surface area contributed by atoms with Gasteiger partial charge in [-0.05, 0) is 50.8 Å². The van der Waals surface area contributed by atoms with Gasteiger partial charge in [0.15, 0.2) is 0 Å². The van der Waals surface area contributed by atoms with Crippen molar-refractivity contribution in [2.45, 2.75) is 51.5 Å². The summed E-state index contributed by atoms with van der Waals surface area (Å²) in [5.74, 6) is 0. The molecule has 0 bridgehead atoms. The van der Waals surface area contributed by atoms with E-state index in [2.05, 4.69) is 43.4 Å². The summed E-state index contributed by atoms with van der Waals surface area (Å²) in [6, 6.07) is 8.77. The van der Waals surface area contributed by atoms with Gasteiger partial charge in [0.05, 0.1) is 0 Å². The predicted octanol–water partition coefficient (Wildman–Crippen LogP) is 3.46. The van der Waals surface area contributed by atoms with Gasteiger partial charge in [0.2, 0.25) is 0 Å². The van der Waals surface area contributed by atoms with Gasteiger partial charge in [-0.1, -0.05) is 37.1 Å². The molecule has 0 amide bonds. The molecule has 0 saturated carbocycles. The minimum absolute atomic E-state index is 0.308. The summed E-state index contributed by atoms with van der Waals surface area (Å²) >= 11 is 0. The van der Waals surface area contributed by atoms with E-state index in [0.29, 0.717) is 5.54 Å². The first-order chi connectivity index (χ1) is 7.70. The number of hydrogen-bond donors (Lipinski definition) is 1. The molecule has 1 aliphatic rings. The van der Waals surface area contributed by atoms with Crippen molar-refractivity contribution >= 4 is 0 Å². The molecule has 1 unspecified atom stereocenters. The average Bonchev–Trinajstić information content (AvgIpc) is 2.47. The van der Waals surface area contributed by atoms with Crippen molar-refractivity contribution in [2.75, 3.05) is 6.54 Å². The van der Waals surface area contributed by atoms with E-state index in [4.69, 9.17) is 0 Å². The predicted molar refractivity (Wildman–Crippen MR) is 69.8 cm³/mol. The SMILES string of the molecule is Cc1ccccc1CC1(C)CCCCCN1. The fourth-order valence-corrected chi connectivity index (χ4v) is 2.68. The number of hydrogen-bond acceptors (Lipinski definition) is 1. The highest BCUT2D eigenvalue weighted by molar-refractivity contribution is 5.27. The van der Waals surface area contributed by atoms with Gasteiger partial charge < -0.3 is 5.32 Å². The Bertz CT molecular complexity index is 335. The zero-order chi connectivity index (χ0) is 11.4. The molecule has 1 saturated heterocycles. The largest absolute Gasteiger partial charge is 0.311 e. The van der Waals surface area contributed by atoms with Crippen LogP contribution in [-0.2, 0) is 6.42 Å². The average molecular weight is 217 g/mol. The molecule has 1 aromatic rings. The zero-order valence-corrected chi connectivity index (χ0v) is 10.6. The van der Waals surface area contributed by atoms with Gasteiger partial charge in [0.25, 0.3) is 0 Å². The maximum atomic E-state index is 3.73. The molecule has 0 radical (unpaired) electrons. The lowest BCUT2D eigenvalue weighted by atomic mass is 9.87. The summed E-state index contributed by atoms with van der Waals surface area (Å²) < 4.78 is 0. The lowest BCUT2D eigenvalue weighted by Gasteiger charge is -2.30. The van der Waals surface area contributed by atoms with E-state index in [1.807, 2.05) is 0 Å². The molecule has 1 aliphatic heterocycles. The minimum Gasteiger partial charge on any atom is -0.311 e. The highest BCUT2D eigenvalue weighted by Crippen LogP contribution is 2.24. The van der Waals surface area contributed by atoms with Gasteiger partial charge in [0, 0.05) is 5.54 Å². The molecule has 1 fully saturated rings. The number of aryl methyl sites for hydroxylation is 1. The van der Waals surface area contributed by atoms with Crippen molar-refractivity contribution in [3.05, 3.63) is 35.4 Å². The number of rotatable bonds is 2. The summed E-state index contributed by atoms with van der Waals surface area (Å²) in [5.41, 5.74) is 3.23. The molecule has 88 valence electrons. The molecule has 1 heteroatoms. The fraction of sp³-hybridized carbons (Fsp3) is 0.600. The van der Waals surface area contributed by atoms with Crippen LogP contribution in [-0.4, -0.2) is 12.1 Å². The number of nitrogens with one attached hydrogen (secondary N) is 1. The Morgan fingerprint density at radius 2 is 2.00 bits per heavy atom. The van der Waals surface area contributed by atoms with Crippen LogP contribution in [0.5, 0.6) is 0 Å². The van der Waals surface area contributed by atoms with Crippen LogP contribution in [0.25, 0.3) is 0 Å². The van der Waals surface area contributed by atoms with Gasteiger partial charge in [-0.25, -0.2) is 0 Å². The highest BCUT2D eigenvalue weighted by Gasteiger charge is 2.25. The summed E-state index contributed by atoms with van der Waals surface area (Å²) in [4.78, 5) is 0. The van der Waals surface area contributed by atoms with Crippen LogP contribution in [0.4, 0.5) is 0 Å². The second-order valence-corrected chi connectivity index (χ2v) is 5.40. The van der Waals surface area contributed by atoms with E-state index in [9.17, 15) is 0 Å². The first-order valence-electron chi connectivity index (χ1n) is 6.49. The van der Waals surface area contributed by atoms with Crippen molar-refractivity contribution < 1.29 is 0 Å². The Hall–Kier alpha value is -0.820. The van der Waals surface area contributed by atoms with Crippen molar-refractivity contribution in [3.8, 4) is 0 Å². The Labute approximate surface area is 99.3 Å². The molecule has 1 heterocycles. The molecule has 16 heavy (non-hydrogen) atoms. The van der Waals surface area contributed by atoms with Gasteiger partial charge >= 0.3 is 0 Å². The standard InChI is InChI=1S/C15H23N/c1-13-8-4-5-9-14(13)12-15(2)10-6-3-7-11-16-15/h4-5,8-9,16H,3,6-7,10-12H2,1-2H3. The van der Waals surface area contributed by atoms with Crippen molar-refractivity contribution in [3.63, 3.8) is 0 Å². The van der Waals surface area contributed by atoms with E-state index >= 15 is 0 Å². The fourth-order valence-electron chi connectivity index (χ4n) is 2.68. The molecule has 1 aromatic carbocycles. The molecular weight excluding hydrogens is 194 g/mol. The number of benzene rings is 1. The van der Waals surface area contributed by atoms with Crippen LogP contribution < -0.4 is 5.32 Å². The molecular formula is C15H23N. The summed E-state index contributed by atoms with van der Waals surface area (Å²) in [5, 5.41) is 3.73. The summed E-state index contributed by atoms with van der Waals surface area (Å²) in [7, 11) is 0. The Morgan fingerprint density at radius 1 is 1.19 bits per heavy atom. The van der Waals surface area contributed by atoms with Crippen LogP contribution in [0.2, 0.25) is 0 Å². The monoisotopic (exact) mass is 217 g/mol. The minimum atomic E-state index is 0.308. The van der Waals surface area contributed by atoms with E-state index in [1.165, 1.54) is 49.8 Å². The maximum Gasteiger partial charge on any atom is 0.0193 e. The second kappa shape index (κ2) is 5.01. The van der Waals surface area contributed by atoms with Gasteiger partial charge in [-0.2, -0.15) is 0 Å². The van der Waals surface area contributed by atoms with Crippen LogP contribution in [0.3, 0.4) is 0 Å². The summed E-state index contributed by atoms with van der Waals surface area (Å²) in [6.45, 7) is 5.78. The van der Waals surface area contributed by atoms with Crippen LogP contribution >= 0.6 is 0 Å². The lowest BCUT2D eigenvalue weighted by molar-refractivity contribution is 0.345. The molecule has 1 atom stereocenters. The van der Waals surface area contributed by atoms with Crippen molar-refractivity contribution in [2.24, 2.45) is 0 Å². The van der Waals surface area contributed by atoms with E-state index in [-0.39, 0.29) is 0 Å². The van der Waals surface area contributed by atoms with E-state index < -0.39 is 0 Å². The first kappa shape index (κ1) is 11.7. The second-order valence-electron chi connectivity index (χ2n) is 5.40. The molecule has 1 nitrogen and oxygen atoms in total. The van der Waals surface area contributed by atoms with E-state index in [0.717, 1.165) is 0 Å². The quantitative estimate of drug-likeness (QED) is 0.800. The van der Waals surface area contributed by atoms with Gasteiger partial charge in [0.1, 0.15) is 0 Å². The van der Waals surface area contributed by atoms with Crippen molar-refractivity contribution in [1.82, 2.24) is 5.32 Å². The molecule has 0 aliphatic carbocycles. The molecule has 0 aromatic heterocycles. The van der Waals surface area contributed by atoms with Crippen LogP contribution in [0.15, 0.2) is 24.3 Å². The van der Waals surface area contributed by atoms with Gasteiger partial charge in [-0.15, -0.1) is 0 Å². The smallest absolute Gasteiger partial charge is 0.0193 e. The Balaban J connectivity index is 2.10. The summed E-state index contributed by atoms with van der Waals surface area (Å²) in [6.07, 6.45) is 6.57. The third-order valence-electron chi connectivity index (χ3n) is 3.80. The van der Waals surface area contributed by atoms with Crippen LogP contribution in [0.1, 0.15) is 43.7 Å². The normalized spacial score (nSPS) is 26.4. The zero-order valence-electron chi connectivity index (χ0n) is 10.6. The first-order valence-corrected chi connectivity index (χ1v) is 6.49. The van der Waals surface area contributed by atoms with E-state index in [1.54, 1.807) is 0 Å². The third-order valence-corrected chi connectivity index (χ3v) is 3.80. The molecule has 1 N–H and O–H groups in total. The highest BCUT2D eigenvalue weighted by atomic mass is 15.0. The Morgan fingerprint density at radius 3 is 2.81 bits per heavy atom. The topological polar surface area (TPSA) is 12.0 Å². The molecule has 2 rings (SSSR count). The maximum absolute atomic E-state index is 3.73. The molecule has 0 spiro atoms. The van der Waals surface area contributed by atoms with Gasteiger partial charge in [-0.3, -0.25) is 0 Å².